The van der Waals surface area contributed by atoms with Crippen molar-refractivity contribution in [2.24, 2.45) is 4.99 Å². The standard InChI is InChI=1S/C18H24N6O2.HI/c1-3-17-22-21-14-24(17)9-8-19-18(20-12-15-6-4-10-25-15)23(2)13-16-7-5-11-26-16;/h4-7,10-11,14H,3,8-9,12-13H2,1-2H3,(H,19,20);1H. The Labute approximate surface area is 175 Å². The maximum Gasteiger partial charge on any atom is 0.194 e. The van der Waals surface area contributed by atoms with E-state index in [0.29, 0.717) is 19.6 Å². The van der Waals surface area contributed by atoms with Gasteiger partial charge in [-0.3, -0.25) is 0 Å². The monoisotopic (exact) mass is 484 g/mol. The first-order valence-corrected chi connectivity index (χ1v) is 8.67. The van der Waals surface area contributed by atoms with E-state index >= 15 is 0 Å². The molecule has 0 spiro atoms. The van der Waals surface area contributed by atoms with Crippen LogP contribution in [0.4, 0.5) is 0 Å². The normalized spacial score (nSPS) is 11.3. The molecule has 0 bridgehead atoms. The molecule has 0 fully saturated rings. The van der Waals surface area contributed by atoms with E-state index < -0.39 is 0 Å². The summed E-state index contributed by atoms with van der Waals surface area (Å²) in [4.78, 5) is 6.69. The summed E-state index contributed by atoms with van der Waals surface area (Å²) >= 11 is 0. The summed E-state index contributed by atoms with van der Waals surface area (Å²) in [6, 6.07) is 7.61. The van der Waals surface area contributed by atoms with Gasteiger partial charge in [0.05, 0.1) is 19.1 Å². The number of nitrogens with one attached hydrogen (secondary N) is 1. The van der Waals surface area contributed by atoms with Crippen molar-refractivity contribution in [1.82, 2.24) is 25.0 Å². The van der Waals surface area contributed by atoms with Gasteiger partial charge in [0.1, 0.15) is 30.2 Å². The van der Waals surface area contributed by atoms with Crippen molar-refractivity contribution >= 4 is 29.9 Å². The van der Waals surface area contributed by atoms with Gasteiger partial charge in [-0.2, -0.15) is 0 Å². The zero-order valence-corrected chi connectivity index (χ0v) is 17.9. The predicted molar refractivity (Wildman–Crippen MR) is 113 cm³/mol. The number of furan rings is 2. The first-order chi connectivity index (χ1) is 12.8. The van der Waals surface area contributed by atoms with Gasteiger partial charge in [0.25, 0.3) is 0 Å². The summed E-state index contributed by atoms with van der Waals surface area (Å²) in [7, 11) is 1.98. The van der Waals surface area contributed by atoms with Crippen LogP contribution >= 0.6 is 24.0 Å². The summed E-state index contributed by atoms with van der Waals surface area (Å²) < 4.78 is 12.9. The number of rotatable bonds is 8. The molecule has 0 aromatic carbocycles. The second-order valence-corrected chi connectivity index (χ2v) is 5.88. The Bertz CT molecular complexity index is 798. The lowest BCUT2D eigenvalue weighted by Crippen LogP contribution is -2.40. The molecule has 8 nitrogen and oxygen atoms in total. The molecule has 0 unspecified atom stereocenters. The largest absolute Gasteiger partial charge is 0.467 e. The molecule has 0 aliphatic carbocycles. The maximum absolute atomic E-state index is 5.43. The highest BCUT2D eigenvalue weighted by Crippen LogP contribution is 2.06. The minimum Gasteiger partial charge on any atom is -0.467 e. The fourth-order valence-corrected chi connectivity index (χ4v) is 2.61. The molecule has 1 N–H and O–H groups in total. The van der Waals surface area contributed by atoms with Crippen LogP contribution < -0.4 is 5.32 Å². The lowest BCUT2D eigenvalue weighted by atomic mass is 10.4. The molecule has 0 atom stereocenters. The lowest BCUT2D eigenvalue weighted by Gasteiger charge is -2.21. The molecule has 3 aromatic heterocycles. The third-order valence-electron chi connectivity index (χ3n) is 3.95. The smallest absolute Gasteiger partial charge is 0.194 e. The van der Waals surface area contributed by atoms with E-state index in [4.69, 9.17) is 8.83 Å². The molecule has 0 amide bonds. The third kappa shape index (κ3) is 6.12. The average molecular weight is 484 g/mol. The number of nitrogens with zero attached hydrogens (tertiary/aromatic N) is 5. The Morgan fingerprint density at radius 1 is 1.22 bits per heavy atom. The second kappa shape index (κ2) is 10.8. The zero-order valence-electron chi connectivity index (χ0n) is 15.5. The summed E-state index contributed by atoms with van der Waals surface area (Å²) in [6.07, 6.45) is 5.95. The Hall–Kier alpha value is -2.30. The SMILES string of the molecule is CCc1nncn1CCNC(=NCc1ccco1)N(C)Cc1ccco1.I. The van der Waals surface area contributed by atoms with Crippen LogP contribution in [-0.4, -0.2) is 39.2 Å². The molecule has 0 aliphatic rings. The average Bonchev–Trinajstić information content (AvgIpc) is 3.39. The van der Waals surface area contributed by atoms with E-state index in [1.165, 1.54) is 0 Å². The summed E-state index contributed by atoms with van der Waals surface area (Å²) in [6.45, 7) is 4.66. The van der Waals surface area contributed by atoms with Crippen molar-refractivity contribution in [1.29, 1.82) is 0 Å². The molecule has 9 heteroatoms. The molecule has 0 saturated carbocycles. The number of guanidine groups is 1. The highest BCUT2D eigenvalue weighted by molar-refractivity contribution is 14.0. The van der Waals surface area contributed by atoms with Crippen LogP contribution in [0.1, 0.15) is 24.3 Å². The van der Waals surface area contributed by atoms with Crippen LogP contribution in [0.2, 0.25) is 0 Å². The summed E-state index contributed by atoms with van der Waals surface area (Å²) in [5.74, 6) is 3.46. The molecule has 0 radical (unpaired) electrons. The predicted octanol–water partition coefficient (Wildman–Crippen LogP) is 2.92. The first-order valence-electron chi connectivity index (χ1n) is 8.67. The number of hydrogen-bond acceptors (Lipinski definition) is 5. The molecule has 0 saturated heterocycles. The second-order valence-electron chi connectivity index (χ2n) is 5.88. The van der Waals surface area contributed by atoms with Gasteiger partial charge >= 0.3 is 0 Å². The summed E-state index contributed by atoms with van der Waals surface area (Å²) in [5, 5.41) is 11.5. The van der Waals surface area contributed by atoms with E-state index in [9.17, 15) is 0 Å². The van der Waals surface area contributed by atoms with Gasteiger partial charge in [0.2, 0.25) is 0 Å². The fourth-order valence-electron chi connectivity index (χ4n) is 2.61. The Morgan fingerprint density at radius 2 is 1.96 bits per heavy atom. The van der Waals surface area contributed by atoms with E-state index in [2.05, 4.69) is 27.4 Å². The molecule has 0 aliphatic heterocycles. The topological polar surface area (TPSA) is 84.6 Å². The van der Waals surface area contributed by atoms with Crippen LogP contribution in [0.3, 0.4) is 0 Å². The Morgan fingerprint density at radius 3 is 2.63 bits per heavy atom. The van der Waals surface area contributed by atoms with Crippen molar-refractivity contribution in [3.05, 3.63) is 60.5 Å². The van der Waals surface area contributed by atoms with Crippen LogP contribution in [0, 0.1) is 0 Å². The zero-order chi connectivity index (χ0) is 18.2. The third-order valence-corrected chi connectivity index (χ3v) is 3.95. The van der Waals surface area contributed by atoms with Crippen molar-refractivity contribution in [2.75, 3.05) is 13.6 Å². The van der Waals surface area contributed by atoms with E-state index in [1.54, 1.807) is 18.9 Å². The number of aromatic nitrogens is 3. The minimum absolute atomic E-state index is 0. The van der Waals surface area contributed by atoms with Crippen LogP contribution in [-0.2, 0) is 26.1 Å². The van der Waals surface area contributed by atoms with Gasteiger partial charge in [0, 0.05) is 26.6 Å². The van der Waals surface area contributed by atoms with Crippen molar-refractivity contribution < 1.29 is 8.83 Å². The van der Waals surface area contributed by atoms with Crippen molar-refractivity contribution in [2.45, 2.75) is 33.0 Å². The van der Waals surface area contributed by atoms with Gasteiger partial charge < -0.3 is 23.6 Å². The number of aliphatic imine (C=N–C) groups is 1. The summed E-state index contributed by atoms with van der Waals surface area (Å²) in [5.41, 5.74) is 0. The van der Waals surface area contributed by atoms with E-state index in [-0.39, 0.29) is 24.0 Å². The van der Waals surface area contributed by atoms with E-state index in [1.807, 2.05) is 40.8 Å². The van der Waals surface area contributed by atoms with Crippen LogP contribution in [0.15, 0.2) is 56.9 Å². The highest BCUT2D eigenvalue weighted by atomic mass is 127. The van der Waals surface area contributed by atoms with Crippen molar-refractivity contribution in [3.8, 4) is 0 Å². The molecule has 3 heterocycles. The van der Waals surface area contributed by atoms with Gasteiger partial charge in [-0.1, -0.05) is 6.92 Å². The van der Waals surface area contributed by atoms with Gasteiger partial charge in [-0.15, -0.1) is 34.2 Å². The Kier molecular flexibility index (Phi) is 8.37. The van der Waals surface area contributed by atoms with Crippen LogP contribution in [0.25, 0.3) is 0 Å². The highest BCUT2D eigenvalue weighted by Gasteiger charge is 2.10. The van der Waals surface area contributed by atoms with Gasteiger partial charge in [0.15, 0.2) is 5.96 Å². The van der Waals surface area contributed by atoms with Crippen molar-refractivity contribution in [3.63, 3.8) is 0 Å². The molecule has 146 valence electrons. The fraction of sp³-hybridized carbons (Fsp3) is 0.389. The molecule has 27 heavy (non-hydrogen) atoms. The lowest BCUT2D eigenvalue weighted by molar-refractivity contribution is 0.397. The molecular weight excluding hydrogens is 459 g/mol. The quantitative estimate of drug-likeness (QED) is 0.301. The van der Waals surface area contributed by atoms with Gasteiger partial charge in [-0.05, 0) is 24.3 Å². The number of halogens is 1. The molecule has 3 aromatic rings. The number of aryl methyl sites for hydroxylation is 1. The first kappa shape index (κ1) is 21.0. The maximum atomic E-state index is 5.43. The van der Waals surface area contributed by atoms with Crippen LogP contribution in [0.5, 0.6) is 0 Å². The molecular formula is C18H25IN6O2. The van der Waals surface area contributed by atoms with E-state index in [0.717, 1.165) is 36.3 Å². The molecule has 3 rings (SSSR count). The minimum atomic E-state index is 0. The Balaban J connectivity index is 0.00000261. The van der Waals surface area contributed by atoms with Gasteiger partial charge in [-0.25, -0.2) is 4.99 Å². The number of hydrogen-bond donors (Lipinski definition) is 1.